The minimum absolute atomic E-state index is 0.0125. The summed E-state index contributed by atoms with van der Waals surface area (Å²) in [7, 11) is 0. The molecule has 0 fully saturated rings. The topological polar surface area (TPSA) is 128 Å². The number of benzene rings is 3. The quantitative estimate of drug-likeness (QED) is 0.256. The minimum atomic E-state index is -1.22. The molecule has 3 aromatic rings. The van der Waals surface area contributed by atoms with Gasteiger partial charge in [0.1, 0.15) is 18.4 Å². The van der Waals surface area contributed by atoms with Gasteiger partial charge in [-0.1, -0.05) is 54.1 Å². The number of rotatable bonds is 6. The molecule has 0 bridgehead atoms. The molecule has 0 spiro atoms. The third-order valence-corrected chi connectivity index (χ3v) is 5.73. The van der Waals surface area contributed by atoms with Crippen molar-refractivity contribution in [1.29, 1.82) is 0 Å². The third-order valence-electron chi connectivity index (χ3n) is 5.50. The first-order valence-electron chi connectivity index (χ1n) is 11.0. The van der Waals surface area contributed by atoms with Crippen LogP contribution in [0.4, 0.5) is 15.3 Å². The highest BCUT2D eigenvalue weighted by Crippen LogP contribution is 2.36. The van der Waals surface area contributed by atoms with E-state index in [0.29, 0.717) is 10.6 Å². The highest BCUT2D eigenvalue weighted by Gasteiger charge is 2.43. The number of hydrogen-bond donors (Lipinski definition) is 1. The molecule has 1 unspecified atom stereocenters. The van der Waals surface area contributed by atoms with Gasteiger partial charge >= 0.3 is 18.1 Å². The van der Waals surface area contributed by atoms with Crippen LogP contribution >= 0.6 is 11.6 Å². The molecule has 1 N–H and O–H groups in total. The molecule has 4 rings (SSSR count). The van der Waals surface area contributed by atoms with Gasteiger partial charge in [0.25, 0.3) is 5.69 Å². The summed E-state index contributed by atoms with van der Waals surface area (Å²) in [6, 6.07) is 18.1. The largest absolute Gasteiger partial charge is 0.457 e. The van der Waals surface area contributed by atoms with E-state index in [2.05, 4.69) is 5.32 Å². The van der Waals surface area contributed by atoms with Crippen LogP contribution in [0.5, 0.6) is 5.75 Å². The number of allylic oxidation sites excluding steroid dienone is 1. The zero-order chi connectivity index (χ0) is 26.5. The summed E-state index contributed by atoms with van der Waals surface area (Å²) in [5, 5.41) is 13.7. The first-order chi connectivity index (χ1) is 17.7. The average Bonchev–Trinajstić information content (AvgIpc) is 2.87. The number of hydrogen-bond acceptors (Lipinski definition) is 7. The number of carbonyl (C=O) groups is 3. The Balaban J connectivity index is 1.68. The van der Waals surface area contributed by atoms with Crippen molar-refractivity contribution in [3.05, 3.63) is 116 Å². The Kier molecular flexibility index (Phi) is 7.49. The summed E-state index contributed by atoms with van der Waals surface area (Å²) < 4.78 is 10.8. The van der Waals surface area contributed by atoms with E-state index in [1.165, 1.54) is 25.1 Å². The molecule has 0 aliphatic carbocycles. The zero-order valence-corrected chi connectivity index (χ0v) is 20.2. The number of nitrogens with one attached hydrogen (secondary N) is 1. The van der Waals surface area contributed by atoms with Crippen LogP contribution in [0.3, 0.4) is 0 Å². The molecule has 11 heteroatoms. The fourth-order valence-corrected chi connectivity index (χ4v) is 3.97. The van der Waals surface area contributed by atoms with E-state index in [-0.39, 0.29) is 29.3 Å². The summed E-state index contributed by atoms with van der Waals surface area (Å²) in [6.07, 6.45) is -1.11. The van der Waals surface area contributed by atoms with Gasteiger partial charge in [-0.2, -0.15) is 0 Å². The highest BCUT2D eigenvalue weighted by atomic mass is 35.5. The van der Waals surface area contributed by atoms with Crippen LogP contribution in [0.1, 0.15) is 24.1 Å². The molecule has 1 aliphatic heterocycles. The van der Waals surface area contributed by atoms with E-state index < -0.39 is 29.1 Å². The lowest BCUT2D eigenvalue weighted by Gasteiger charge is -2.35. The lowest BCUT2D eigenvalue weighted by Crippen LogP contribution is -2.52. The van der Waals surface area contributed by atoms with E-state index in [4.69, 9.17) is 21.1 Å². The number of carbonyl (C=O) groups excluding carboxylic acids is 3. The number of halogens is 1. The molecule has 3 aromatic carbocycles. The van der Waals surface area contributed by atoms with Crippen LogP contribution in [0.25, 0.3) is 0 Å². The molecule has 1 heterocycles. The Labute approximate surface area is 216 Å². The van der Waals surface area contributed by atoms with Gasteiger partial charge in [0.2, 0.25) is 0 Å². The molecular weight excluding hydrogens is 502 g/mol. The van der Waals surface area contributed by atoms with Crippen molar-refractivity contribution in [2.75, 3.05) is 0 Å². The maximum atomic E-state index is 13.3. The number of urea groups is 1. The lowest BCUT2D eigenvalue weighted by molar-refractivity contribution is -0.384. The van der Waals surface area contributed by atoms with E-state index >= 15 is 0 Å². The lowest BCUT2D eigenvalue weighted by atomic mass is 9.94. The van der Waals surface area contributed by atoms with Gasteiger partial charge in [-0.3, -0.25) is 10.1 Å². The number of ether oxygens (including phenoxy) is 2. The first kappa shape index (κ1) is 25.4. The summed E-state index contributed by atoms with van der Waals surface area (Å²) in [6.45, 7) is 1.49. The molecule has 0 aromatic heterocycles. The normalized spacial score (nSPS) is 15.1. The van der Waals surface area contributed by atoms with Crippen LogP contribution in [0, 0.1) is 10.1 Å². The Hall–Kier alpha value is -4.70. The molecule has 1 atom stereocenters. The molecule has 0 saturated heterocycles. The van der Waals surface area contributed by atoms with Gasteiger partial charge in [0.05, 0.1) is 10.5 Å². The van der Waals surface area contributed by atoms with E-state index in [9.17, 15) is 24.5 Å². The molecule has 0 radical (unpaired) electrons. The second-order valence-corrected chi connectivity index (χ2v) is 8.41. The Morgan fingerprint density at radius 1 is 1.05 bits per heavy atom. The monoisotopic (exact) mass is 521 g/mol. The molecule has 0 saturated carbocycles. The Morgan fingerprint density at radius 2 is 1.76 bits per heavy atom. The number of imide groups is 1. The Morgan fingerprint density at radius 3 is 2.41 bits per heavy atom. The minimum Gasteiger partial charge on any atom is -0.457 e. The number of nitro benzene ring substituents is 1. The highest BCUT2D eigenvalue weighted by molar-refractivity contribution is 6.30. The van der Waals surface area contributed by atoms with Crippen molar-refractivity contribution in [2.24, 2.45) is 0 Å². The summed E-state index contributed by atoms with van der Waals surface area (Å²) in [5.74, 6) is -0.785. The van der Waals surface area contributed by atoms with E-state index in [0.717, 1.165) is 22.6 Å². The predicted octanol–water partition coefficient (Wildman–Crippen LogP) is 5.53. The average molecular weight is 522 g/mol. The van der Waals surface area contributed by atoms with Crippen molar-refractivity contribution < 1.29 is 28.8 Å². The van der Waals surface area contributed by atoms with Crippen LogP contribution in [0.15, 0.2) is 90.1 Å². The third kappa shape index (κ3) is 5.76. The Bertz CT molecular complexity index is 1390. The summed E-state index contributed by atoms with van der Waals surface area (Å²) >= 11 is 6.18. The smallest absolute Gasteiger partial charge is 0.424 e. The number of non-ortho nitro benzene ring substituents is 1. The van der Waals surface area contributed by atoms with Crippen molar-refractivity contribution >= 4 is 35.4 Å². The zero-order valence-electron chi connectivity index (χ0n) is 19.4. The molecular formula is C26H20ClN3O7. The van der Waals surface area contributed by atoms with Crippen LogP contribution in [-0.2, 0) is 16.1 Å². The second kappa shape index (κ2) is 10.9. The number of amides is 3. The maximum Gasteiger partial charge on any atom is 0.424 e. The van der Waals surface area contributed by atoms with Crippen molar-refractivity contribution in [1.82, 2.24) is 10.2 Å². The second-order valence-electron chi connectivity index (χ2n) is 7.98. The van der Waals surface area contributed by atoms with Crippen molar-refractivity contribution in [2.45, 2.75) is 19.6 Å². The van der Waals surface area contributed by atoms with Gasteiger partial charge in [-0.05, 0) is 42.3 Å². The van der Waals surface area contributed by atoms with Crippen LogP contribution < -0.4 is 10.1 Å². The molecule has 1 aliphatic rings. The number of nitro groups is 1. The van der Waals surface area contributed by atoms with Gasteiger partial charge < -0.3 is 14.8 Å². The van der Waals surface area contributed by atoms with E-state index in [1.54, 1.807) is 42.5 Å². The summed E-state index contributed by atoms with van der Waals surface area (Å²) in [4.78, 5) is 50.5. The van der Waals surface area contributed by atoms with Crippen molar-refractivity contribution in [3.8, 4) is 5.75 Å². The molecule has 188 valence electrons. The first-order valence-corrected chi connectivity index (χ1v) is 11.4. The molecule has 3 amide bonds. The van der Waals surface area contributed by atoms with Gasteiger partial charge in [0, 0.05) is 22.9 Å². The standard InChI is InChI=1S/C26H20ClN3O7/c1-16-22(24(31)36-15-17-6-3-2-4-7-17)23(18-8-5-9-19(27)14-18)29(25(32)28-16)26(33)37-21-12-10-20(11-13-21)30(34)35/h2-14,23H,15H2,1H3,(H,28,32). The van der Waals surface area contributed by atoms with Crippen LogP contribution in [-0.4, -0.2) is 27.9 Å². The molecule has 10 nitrogen and oxygen atoms in total. The predicted molar refractivity (Wildman–Crippen MR) is 133 cm³/mol. The van der Waals surface area contributed by atoms with Gasteiger partial charge in [-0.25, -0.2) is 19.3 Å². The number of esters is 1. The van der Waals surface area contributed by atoms with Gasteiger partial charge in [-0.15, -0.1) is 0 Å². The van der Waals surface area contributed by atoms with Gasteiger partial charge in [0.15, 0.2) is 0 Å². The van der Waals surface area contributed by atoms with Crippen molar-refractivity contribution in [3.63, 3.8) is 0 Å². The fraction of sp³-hybridized carbons (Fsp3) is 0.115. The number of nitrogens with zero attached hydrogens (tertiary/aromatic N) is 2. The summed E-state index contributed by atoms with van der Waals surface area (Å²) in [5.41, 5.74) is 1.14. The maximum absolute atomic E-state index is 13.3. The fourth-order valence-electron chi connectivity index (χ4n) is 3.77. The SMILES string of the molecule is CC1=C(C(=O)OCc2ccccc2)C(c2cccc(Cl)c2)N(C(=O)Oc2ccc([N+](=O)[O-])cc2)C(=O)N1. The van der Waals surface area contributed by atoms with Crippen LogP contribution in [0.2, 0.25) is 5.02 Å². The van der Waals surface area contributed by atoms with E-state index in [1.807, 2.05) is 6.07 Å². The molecule has 37 heavy (non-hydrogen) atoms.